The number of hydrogen-bond acceptors (Lipinski definition) is 2. The van der Waals surface area contributed by atoms with E-state index < -0.39 is 11.4 Å². The number of unbranched alkanes of at least 4 members (excludes halogenated alkanes) is 2. The van der Waals surface area contributed by atoms with Crippen LogP contribution in [-0.4, -0.2) is 41.6 Å². The molecular formula is C14H26N2O3. The fourth-order valence-electron chi connectivity index (χ4n) is 2.60. The summed E-state index contributed by atoms with van der Waals surface area (Å²) in [4.78, 5) is 25.1. The molecule has 0 aromatic carbocycles. The number of hydrogen-bond donors (Lipinski definition) is 2. The van der Waals surface area contributed by atoms with Crippen LogP contribution < -0.4 is 5.32 Å². The Balaban J connectivity index is 2.49. The van der Waals surface area contributed by atoms with Gasteiger partial charge < -0.3 is 15.3 Å². The van der Waals surface area contributed by atoms with Crippen molar-refractivity contribution in [3.63, 3.8) is 0 Å². The van der Waals surface area contributed by atoms with Crippen LogP contribution in [0, 0.1) is 5.41 Å². The first kappa shape index (κ1) is 15.8. The van der Waals surface area contributed by atoms with E-state index >= 15 is 0 Å². The zero-order valence-electron chi connectivity index (χ0n) is 12.1. The number of urea groups is 1. The molecule has 110 valence electrons. The molecule has 5 heteroatoms. The normalized spacial score (nSPS) is 23.2. The molecule has 0 aromatic heterocycles. The van der Waals surface area contributed by atoms with E-state index in [4.69, 9.17) is 0 Å². The van der Waals surface area contributed by atoms with Crippen molar-refractivity contribution in [3.05, 3.63) is 0 Å². The molecule has 1 atom stereocenters. The van der Waals surface area contributed by atoms with Crippen molar-refractivity contribution in [2.24, 2.45) is 5.41 Å². The van der Waals surface area contributed by atoms with Gasteiger partial charge in [-0.15, -0.1) is 0 Å². The fourth-order valence-corrected chi connectivity index (χ4v) is 2.60. The molecule has 0 aromatic rings. The van der Waals surface area contributed by atoms with Crippen LogP contribution in [0.15, 0.2) is 0 Å². The summed E-state index contributed by atoms with van der Waals surface area (Å²) in [6.45, 7) is 5.67. The summed E-state index contributed by atoms with van der Waals surface area (Å²) in [5.74, 6) is -0.779. The van der Waals surface area contributed by atoms with Crippen LogP contribution in [0.2, 0.25) is 0 Å². The Morgan fingerprint density at radius 1 is 1.32 bits per heavy atom. The number of carbonyl (C=O) groups is 2. The van der Waals surface area contributed by atoms with Crippen LogP contribution in [0.25, 0.3) is 0 Å². The van der Waals surface area contributed by atoms with Crippen molar-refractivity contribution in [2.45, 2.75) is 52.4 Å². The largest absolute Gasteiger partial charge is 0.481 e. The average Bonchev–Trinajstić information content (AvgIpc) is 2.43. The highest BCUT2D eigenvalue weighted by Gasteiger charge is 2.42. The minimum absolute atomic E-state index is 0.116. The number of carbonyl (C=O) groups excluding carboxylic acids is 1. The Kier molecular flexibility index (Phi) is 6.12. The molecule has 0 radical (unpaired) electrons. The summed E-state index contributed by atoms with van der Waals surface area (Å²) >= 11 is 0. The predicted molar refractivity (Wildman–Crippen MR) is 74.1 cm³/mol. The lowest BCUT2D eigenvalue weighted by Crippen LogP contribution is -2.52. The van der Waals surface area contributed by atoms with Gasteiger partial charge in [0.05, 0.1) is 5.41 Å². The maximum atomic E-state index is 12.0. The molecule has 0 spiro atoms. The highest BCUT2D eigenvalue weighted by molar-refractivity contribution is 5.78. The molecule has 0 aliphatic carbocycles. The van der Waals surface area contributed by atoms with E-state index in [2.05, 4.69) is 12.2 Å². The van der Waals surface area contributed by atoms with E-state index in [1.807, 2.05) is 6.92 Å². The third-order valence-corrected chi connectivity index (χ3v) is 4.05. The number of aliphatic carboxylic acids is 1. The second-order valence-corrected chi connectivity index (χ2v) is 5.40. The summed E-state index contributed by atoms with van der Waals surface area (Å²) in [6, 6.07) is -0.116. The summed E-state index contributed by atoms with van der Waals surface area (Å²) in [5, 5.41) is 12.3. The number of likely N-dealkylation sites (tertiary alicyclic amines) is 1. The lowest BCUT2D eigenvalue weighted by Gasteiger charge is -2.39. The van der Waals surface area contributed by atoms with Gasteiger partial charge in [-0.05, 0) is 25.7 Å². The molecule has 1 rings (SSSR count). The third kappa shape index (κ3) is 4.11. The van der Waals surface area contributed by atoms with Crippen molar-refractivity contribution < 1.29 is 14.7 Å². The summed E-state index contributed by atoms with van der Waals surface area (Å²) in [5.41, 5.74) is -0.751. The van der Waals surface area contributed by atoms with E-state index in [-0.39, 0.29) is 6.03 Å². The Bertz CT molecular complexity index is 320. The van der Waals surface area contributed by atoms with E-state index in [9.17, 15) is 14.7 Å². The molecule has 1 unspecified atom stereocenters. The molecule has 1 heterocycles. The number of piperidine rings is 1. The average molecular weight is 270 g/mol. The van der Waals surface area contributed by atoms with Gasteiger partial charge in [-0.1, -0.05) is 26.7 Å². The molecule has 1 saturated heterocycles. The van der Waals surface area contributed by atoms with Crippen molar-refractivity contribution in [3.8, 4) is 0 Å². The van der Waals surface area contributed by atoms with Gasteiger partial charge in [0, 0.05) is 19.6 Å². The topological polar surface area (TPSA) is 69.6 Å². The van der Waals surface area contributed by atoms with Crippen LogP contribution in [0.5, 0.6) is 0 Å². The van der Waals surface area contributed by atoms with Crippen LogP contribution in [0.3, 0.4) is 0 Å². The minimum Gasteiger partial charge on any atom is -0.481 e. The summed E-state index contributed by atoms with van der Waals surface area (Å²) in [7, 11) is 0. The lowest BCUT2D eigenvalue weighted by molar-refractivity contribution is -0.152. The highest BCUT2D eigenvalue weighted by Crippen LogP contribution is 2.33. The van der Waals surface area contributed by atoms with Crippen molar-refractivity contribution in [1.82, 2.24) is 10.2 Å². The zero-order valence-corrected chi connectivity index (χ0v) is 12.1. The number of carboxylic acids is 1. The van der Waals surface area contributed by atoms with E-state index in [0.717, 1.165) is 25.7 Å². The maximum Gasteiger partial charge on any atom is 0.317 e. The maximum absolute atomic E-state index is 12.0. The van der Waals surface area contributed by atoms with Gasteiger partial charge in [0.25, 0.3) is 0 Å². The van der Waals surface area contributed by atoms with E-state index in [1.54, 1.807) is 4.90 Å². The lowest BCUT2D eigenvalue weighted by atomic mass is 9.78. The first-order valence-corrected chi connectivity index (χ1v) is 7.32. The number of amides is 2. The zero-order chi connectivity index (χ0) is 14.3. The van der Waals surface area contributed by atoms with E-state index in [0.29, 0.717) is 32.5 Å². The quantitative estimate of drug-likeness (QED) is 0.728. The Morgan fingerprint density at radius 3 is 2.63 bits per heavy atom. The molecule has 1 aliphatic rings. The summed E-state index contributed by atoms with van der Waals surface area (Å²) < 4.78 is 0. The molecule has 2 amide bonds. The molecule has 0 saturated carbocycles. The predicted octanol–water partition coefficient (Wildman–Crippen LogP) is 2.46. The van der Waals surface area contributed by atoms with E-state index in [1.165, 1.54) is 0 Å². The molecule has 1 fully saturated rings. The van der Waals surface area contributed by atoms with Gasteiger partial charge in [-0.3, -0.25) is 4.79 Å². The van der Waals surface area contributed by atoms with Crippen molar-refractivity contribution in [1.29, 1.82) is 0 Å². The van der Waals surface area contributed by atoms with Crippen LogP contribution in [-0.2, 0) is 4.79 Å². The first-order chi connectivity index (χ1) is 9.05. The summed E-state index contributed by atoms with van der Waals surface area (Å²) in [6.07, 6.45) is 5.21. The molecule has 0 bridgehead atoms. The Hall–Kier alpha value is -1.26. The number of nitrogens with zero attached hydrogens (tertiary/aromatic N) is 1. The van der Waals surface area contributed by atoms with Crippen LogP contribution in [0.1, 0.15) is 52.4 Å². The monoisotopic (exact) mass is 270 g/mol. The third-order valence-electron chi connectivity index (χ3n) is 4.05. The molecule has 1 aliphatic heterocycles. The van der Waals surface area contributed by atoms with Gasteiger partial charge in [0.1, 0.15) is 0 Å². The number of nitrogens with one attached hydrogen (secondary N) is 1. The number of carboxylic acid groups (broad SMARTS) is 1. The van der Waals surface area contributed by atoms with Gasteiger partial charge in [0.2, 0.25) is 0 Å². The van der Waals surface area contributed by atoms with Gasteiger partial charge in [0.15, 0.2) is 0 Å². The Morgan fingerprint density at radius 2 is 2.05 bits per heavy atom. The Labute approximate surface area is 115 Å². The first-order valence-electron chi connectivity index (χ1n) is 7.32. The molecule has 2 N–H and O–H groups in total. The second-order valence-electron chi connectivity index (χ2n) is 5.40. The molecule has 5 nitrogen and oxygen atoms in total. The van der Waals surface area contributed by atoms with Crippen LogP contribution in [0.4, 0.5) is 4.79 Å². The minimum atomic E-state index is -0.779. The SMILES string of the molecule is CCCCCNC(=O)N1CCCC(CC)(C(=O)O)C1. The fraction of sp³-hybridized carbons (Fsp3) is 0.857. The van der Waals surface area contributed by atoms with Crippen LogP contribution >= 0.6 is 0 Å². The van der Waals surface area contributed by atoms with Gasteiger partial charge in [-0.25, -0.2) is 4.79 Å². The standard InChI is InChI=1S/C14H26N2O3/c1-3-5-6-9-15-13(19)16-10-7-8-14(4-2,11-16)12(17)18/h3-11H2,1-2H3,(H,15,19)(H,17,18). The smallest absolute Gasteiger partial charge is 0.317 e. The van der Waals surface area contributed by atoms with Crippen molar-refractivity contribution in [2.75, 3.05) is 19.6 Å². The molecular weight excluding hydrogens is 244 g/mol. The van der Waals surface area contributed by atoms with Crippen molar-refractivity contribution >= 4 is 12.0 Å². The number of rotatable bonds is 6. The highest BCUT2D eigenvalue weighted by atomic mass is 16.4. The second kappa shape index (κ2) is 7.36. The molecule has 19 heavy (non-hydrogen) atoms. The van der Waals surface area contributed by atoms with Gasteiger partial charge >= 0.3 is 12.0 Å². The van der Waals surface area contributed by atoms with Gasteiger partial charge in [-0.2, -0.15) is 0 Å².